The van der Waals surface area contributed by atoms with Crippen LogP contribution in [0.25, 0.3) is 5.76 Å². The third kappa shape index (κ3) is 6.80. The van der Waals surface area contributed by atoms with Gasteiger partial charge in [0, 0.05) is 12.1 Å². The van der Waals surface area contributed by atoms with Crippen molar-refractivity contribution in [3.63, 3.8) is 0 Å². The highest BCUT2D eigenvalue weighted by Crippen LogP contribution is 2.40. The predicted molar refractivity (Wildman–Crippen MR) is 146 cm³/mol. The lowest BCUT2D eigenvalue weighted by Crippen LogP contribution is -2.33. The molecule has 2 aromatic rings. The van der Waals surface area contributed by atoms with E-state index in [1.54, 1.807) is 47.4 Å². The summed E-state index contributed by atoms with van der Waals surface area (Å²) in [6.07, 6.45) is 2.39. The Hall–Kier alpha value is -3.58. The number of aliphatic hydroxyl groups excluding tert-OH is 1. The van der Waals surface area contributed by atoms with Gasteiger partial charge in [-0.25, -0.2) is 0 Å². The second-order valence-corrected chi connectivity index (χ2v) is 9.23. The third-order valence-electron chi connectivity index (χ3n) is 6.37. The average molecular weight is 507 g/mol. The Labute approximate surface area is 220 Å². The van der Waals surface area contributed by atoms with E-state index in [2.05, 4.69) is 25.3 Å². The molecule has 0 radical (unpaired) electrons. The number of carbonyl (C=O) groups is 2. The number of ether oxygens (including phenoxy) is 2. The molecule has 1 aliphatic heterocycles. The highest BCUT2D eigenvalue weighted by atomic mass is 16.5. The lowest BCUT2D eigenvalue weighted by atomic mass is 9.95. The van der Waals surface area contributed by atoms with Gasteiger partial charge in [-0.1, -0.05) is 38.6 Å². The number of likely N-dealkylation sites (tertiary alicyclic amines) is 1. The summed E-state index contributed by atoms with van der Waals surface area (Å²) in [6.45, 7) is 15.2. The number of aliphatic hydroxyl groups is 1. The van der Waals surface area contributed by atoms with Crippen molar-refractivity contribution in [3.8, 4) is 11.5 Å². The Morgan fingerprint density at radius 3 is 2.24 bits per heavy atom. The van der Waals surface area contributed by atoms with E-state index in [1.807, 2.05) is 26.0 Å². The van der Waals surface area contributed by atoms with Gasteiger partial charge < -0.3 is 24.4 Å². The van der Waals surface area contributed by atoms with E-state index < -0.39 is 17.7 Å². The molecule has 37 heavy (non-hydrogen) atoms. The van der Waals surface area contributed by atoms with Crippen molar-refractivity contribution in [2.24, 2.45) is 0 Å². The van der Waals surface area contributed by atoms with Crippen LogP contribution >= 0.6 is 0 Å². The third-order valence-corrected chi connectivity index (χ3v) is 6.37. The maximum Gasteiger partial charge on any atom is 0.295 e. The van der Waals surface area contributed by atoms with Crippen LogP contribution in [0, 0.1) is 0 Å². The molecule has 7 nitrogen and oxygen atoms in total. The summed E-state index contributed by atoms with van der Waals surface area (Å²) in [5.74, 6) is -0.159. The van der Waals surface area contributed by atoms with Gasteiger partial charge >= 0.3 is 0 Å². The molecule has 1 heterocycles. The number of ketones is 1. The Balaban J connectivity index is 1.99. The van der Waals surface area contributed by atoms with Crippen molar-refractivity contribution in [2.45, 2.75) is 46.3 Å². The molecule has 0 bridgehead atoms. The van der Waals surface area contributed by atoms with Crippen molar-refractivity contribution in [3.05, 3.63) is 77.9 Å². The lowest BCUT2D eigenvalue weighted by Gasteiger charge is -2.27. The summed E-state index contributed by atoms with van der Waals surface area (Å²) in [7, 11) is 0. The van der Waals surface area contributed by atoms with Crippen molar-refractivity contribution >= 4 is 17.4 Å². The van der Waals surface area contributed by atoms with Gasteiger partial charge in [0.25, 0.3) is 11.7 Å². The topological polar surface area (TPSA) is 79.3 Å². The first-order valence-corrected chi connectivity index (χ1v) is 12.9. The lowest BCUT2D eigenvalue weighted by molar-refractivity contribution is -0.140. The molecule has 0 aromatic heterocycles. The molecule has 1 aliphatic rings. The number of amides is 1. The fourth-order valence-corrected chi connectivity index (χ4v) is 4.48. The molecule has 2 aromatic carbocycles. The summed E-state index contributed by atoms with van der Waals surface area (Å²) in [6, 6.07) is 13.5. The van der Waals surface area contributed by atoms with Crippen molar-refractivity contribution < 1.29 is 24.2 Å². The number of hydrogen-bond acceptors (Lipinski definition) is 6. The van der Waals surface area contributed by atoms with Gasteiger partial charge in [-0.15, -0.1) is 0 Å². The minimum Gasteiger partial charge on any atom is -0.507 e. The van der Waals surface area contributed by atoms with Crippen LogP contribution in [0.15, 0.2) is 66.8 Å². The van der Waals surface area contributed by atoms with Crippen molar-refractivity contribution in [1.82, 2.24) is 9.80 Å². The number of Topliss-reactive ketones (excluding diaryl/α,β-unsaturated/α-hetero) is 1. The quantitative estimate of drug-likeness (QED) is 0.174. The van der Waals surface area contributed by atoms with E-state index in [9.17, 15) is 14.7 Å². The molecule has 1 amide bonds. The summed E-state index contributed by atoms with van der Waals surface area (Å²) >= 11 is 0. The van der Waals surface area contributed by atoms with Crippen LogP contribution < -0.4 is 9.47 Å². The van der Waals surface area contributed by atoms with Crippen molar-refractivity contribution in [2.75, 3.05) is 32.8 Å². The fourth-order valence-electron chi connectivity index (χ4n) is 4.48. The minimum absolute atomic E-state index is 0.0135. The van der Waals surface area contributed by atoms with Gasteiger partial charge in [-0.05, 0) is 81.9 Å². The molecule has 0 saturated carbocycles. The zero-order valence-corrected chi connectivity index (χ0v) is 22.3. The average Bonchev–Trinajstić information content (AvgIpc) is 3.15. The first-order valence-electron chi connectivity index (χ1n) is 12.9. The fraction of sp³-hybridized carbons (Fsp3) is 0.400. The van der Waals surface area contributed by atoms with E-state index in [4.69, 9.17) is 9.47 Å². The molecule has 1 atom stereocenters. The predicted octanol–water partition coefficient (Wildman–Crippen LogP) is 5.19. The van der Waals surface area contributed by atoms with Gasteiger partial charge in [0.15, 0.2) is 0 Å². The van der Waals surface area contributed by atoms with Crippen molar-refractivity contribution in [1.29, 1.82) is 0 Å². The normalized spacial score (nSPS) is 17.0. The summed E-state index contributed by atoms with van der Waals surface area (Å²) in [5, 5.41) is 11.3. The van der Waals surface area contributed by atoms with Gasteiger partial charge in [0.2, 0.25) is 0 Å². The monoisotopic (exact) mass is 506 g/mol. The number of hydrogen-bond donors (Lipinski definition) is 1. The Kier molecular flexibility index (Phi) is 9.92. The molecule has 1 saturated heterocycles. The molecule has 0 aliphatic carbocycles. The van der Waals surface area contributed by atoms with Gasteiger partial charge in [-0.2, -0.15) is 0 Å². The number of carbonyl (C=O) groups excluding carboxylic acids is 2. The highest BCUT2D eigenvalue weighted by molar-refractivity contribution is 6.46. The number of benzene rings is 2. The van der Waals surface area contributed by atoms with E-state index in [0.29, 0.717) is 36.6 Å². The van der Waals surface area contributed by atoms with Crippen LogP contribution in [-0.4, -0.2) is 65.5 Å². The summed E-state index contributed by atoms with van der Waals surface area (Å²) in [4.78, 5) is 30.3. The Morgan fingerprint density at radius 1 is 1.05 bits per heavy atom. The SMILES string of the molecule is C=CCOc1ccc([C@H]2C(=C(O)c3ccc(OC(C)C)cc3)C(=O)C(=O)N2CCCN(CC)CC)cc1. The molecule has 7 heteroatoms. The zero-order chi connectivity index (χ0) is 26.9. The smallest absolute Gasteiger partial charge is 0.295 e. The molecule has 0 spiro atoms. The first-order chi connectivity index (χ1) is 17.8. The van der Waals surface area contributed by atoms with Crippen LogP contribution in [0.1, 0.15) is 51.3 Å². The second kappa shape index (κ2) is 13.1. The Morgan fingerprint density at radius 2 is 1.68 bits per heavy atom. The maximum absolute atomic E-state index is 13.3. The molecular formula is C30H38N2O5. The summed E-state index contributed by atoms with van der Waals surface area (Å²) < 4.78 is 11.3. The van der Waals surface area contributed by atoms with Crippen LogP contribution in [0.4, 0.5) is 0 Å². The molecule has 3 rings (SSSR count). The van der Waals surface area contributed by atoms with E-state index in [0.717, 1.165) is 25.2 Å². The molecule has 1 fully saturated rings. The van der Waals surface area contributed by atoms with E-state index in [1.165, 1.54) is 0 Å². The van der Waals surface area contributed by atoms with Crippen LogP contribution in [0.3, 0.4) is 0 Å². The first kappa shape index (κ1) is 28.0. The number of nitrogens with zero attached hydrogens (tertiary/aromatic N) is 2. The minimum atomic E-state index is -0.697. The second-order valence-electron chi connectivity index (χ2n) is 9.23. The van der Waals surface area contributed by atoms with Crippen LogP contribution in [0.5, 0.6) is 11.5 Å². The number of rotatable bonds is 13. The van der Waals surface area contributed by atoms with Gasteiger partial charge in [0.1, 0.15) is 23.9 Å². The van der Waals surface area contributed by atoms with Crippen LogP contribution in [0.2, 0.25) is 0 Å². The largest absolute Gasteiger partial charge is 0.507 e. The van der Waals surface area contributed by atoms with Gasteiger partial charge in [-0.3, -0.25) is 9.59 Å². The molecule has 198 valence electrons. The molecule has 1 N–H and O–H groups in total. The van der Waals surface area contributed by atoms with Crippen LogP contribution in [-0.2, 0) is 9.59 Å². The zero-order valence-electron chi connectivity index (χ0n) is 22.3. The molecule has 0 unspecified atom stereocenters. The van der Waals surface area contributed by atoms with E-state index >= 15 is 0 Å². The highest BCUT2D eigenvalue weighted by Gasteiger charge is 2.45. The Bertz CT molecular complexity index is 1100. The summed E-state index contributed by atoms with van der Waals surface area (Å²) in [5.41, 5.74) is 1.27. The van der Waals surface area contributed by atoms with E-state index in [-0.39, 0.29) is 17.4 Å². The maximum atomic E-state index is 13.3. The molecular weight excluding hydrogens is 468 g/mol. The standard InChI is InChI=1S/C30H38N2O5/c1-6-20-36-24-14-10-22(11-15-24)27-26(28(33)23-12-16-25(17-13-23)37-21(4)5)29(34)30(35)32(27)19-9-18-31(7-2)8-3/h6,10-17,21,27,33H,1,7-9,18-20H2,2-5H3/t27-/m0/s1. The van der Waals surface area contributed by atoms with Gasteiger partial charge in [0.05, 0.1) is 17.7 Å².